The number of likely N-dealkylation sites (tertiary alicyclic amines) is 1. The van der Waals surface area contributed by atoms with Crippen LogP contribution in [0.4, 0.5) is 0 Å². The van der Waals surface area contributed by atoms with Crippen LogP contribution in [-0.2, 0) is 22.6 Å². The number of carbonyl (C=O) groups excluding carboxylic acids is 2. The van der Waals surface area contributed by atoms with Gasteiger partial charge in [-0.15, -0.1) is 11.3 Å². The molecule has 2 aromatic rings. The molecule has 0 unspecified atom stereocenters. The molecule has 31 heavy (non-hydrogen) atoms. The van der Waals surface area contributed by atoms with E-state index in [-0.39, 0.29) is 29.8 Å². The minimum atomic E-state index is -0.386. The Balaban J connectivity index is 1.35. The summed E-state index contributed by atoms with van der Waals surface area (Å²) in [6.07, 6.45) is 7.15. The van der Waals surface area contributed by atoms with Crippen molar-refractivity contribution in [1.82, 2.24) is 29.8 Å². The average molecular weight is 445 g/mol. The molecule has 0 aliphatic carbocycles. The quantitative estimate of drug-likeness (QED) is 0.665. The summed E-state index contributed by atoms with van der Waals surface area (Å²) in [4.78, 5) is 41.2. The van der Waals surface area contributed by atoms with Gasteiger partial charge in [-0.3, -0.25) is 14.5 Å². The van der Waals surface area contributed by atoms with E-state index in [1.807, 2.05) is 23.5 Å². The van der Waals surface area contributed by atoms with E-state index < -0.39 is 0 Å². The number of likely N-dealkylation sites (N-methyl/N-ethyl adjacent to an activating group) is 1. The van der Waals surface area contributed by atoms with Crippen LogP contribution >= 0.6 is 11.3 Å². The second kappa shape index (κ2) is 8.66. The molecule has 4 atom stereocenters. The van der Waals surface area contributed by atoms with Crippen LogP contribution in [0.3, 0.4) is 0 Å². The third-order valence-electron chi connectivity index (χ3n) is 6.97. The second-order valence-corrected chi connectivity index (χ2v) is 9.92. The highest BCUT2D eigenvalue weighted by atomic mass is 32.1. The summed E-state index contributed by atoms with van der Waals surface area (Å²) in [7, 11) is 1.81. The molecule has 3 saturated heterocycles. The number of hydrogen-bond donors (Lipinski definition) is 0. The minimum absolute atomic E-state index is 0.0308. The molecule has 2 aromatic heterocycles. The van der Waals surface area contributed by atoms with Crippen LogP contribution in [-0.4, -0.2) is 80.4 Å². The Hall–Kier alpha value is -2.33. The maximum Gasteiger partial charge on any atom is 0.245 e. The fourth-order valence-corrected chi connectivity index (χ4v) is 6.29. The average Bonchev–Trinajstić information content (AvgIpc) is 3.47. The predicted molar refractivity (Wildman–Crippen MR) is 113 cm³/mol. The van der Waals surface area contributed by atoms with Gasteiger partial charge >= 0.3 is 0 Å². The number of thiazole rings is 1. The number of amides is 2. The fraction of sp³-hybridized carbons (Fsp3) is 0.667. The zero-order valence-electron chi connectivity index (χ0n) is 17.7. The summed E-state index contributed by atoms with van der Waals surface area (Å²) in [5.74, 6) is 1.34. The number of aromatic nitrogens is 3. The van der Waals surface area contributed by atoms with Crippen LogP contribution in [0, 0.1) is 11.8 Å². The number of fused-ring (bicyclic) bond motifs is 4. The number of piperidine rings is 3. The standard InChI is InChI=1S/C21H28N6O3S/c1-25(7-5-17-23-13-30-24-17)21(29)20-15-9-14(16-3-2-4-19(28)27(16)20)10-26(11-15)12-18-22-6-8-31-18/h6,8,13-16,20H,2-5,7,9-12H2,1H3/t14-,15+,16-,20+/m0/s1. The van der Waals surface area contributed by atoms with Gasteiger partial charge in [0.05, 0.1) is 6.54 Å². The van der Waals surface area contributed by atoms with E-state index in [2.05, 4.69) is 20.0 Å². The van der Waals surface area contributed by atoms with Gasteiger partial charge in [0.15, 0.2) is 5.82 Å². The molecular formula is C21H28N6O3S. The number of carbonyl (C=O) groups is 2. The first kappa shape index (κ1) is 20.6. The highest BCUT2D eigenvalue weighted by Gasteiger charge is 2.52. The molecule has 0 spiro atoms. The lowest BCUT2D eigenvalue weighted by atomic mass is 9.71. The molecule has 166 valence electrons. The lowest BCUT2D eigenvalue weighted by molar-refractivity contribution is -0.164. The monoisotopic (exact) mass is 444 g/mol. The maximum atomic E-state index is 13.6. The largest absolute Gasteiger partial charge is 0.344 e. The van der Waals surface area contributed by atoms with Crippen molar-refractivity contribution in [2.24, 2.45) is 11.8 Å². The Bertz CT molecular complexity index is 904. The Morgan fingerprint density at radius 1 is 1.32 bits per heavy atom. The van der Waals surface area contributed by atoms with Crippen LogP contribution in [0.1, 0.15) is 36.5 Å². The molecule has 10 heteroatoms. The summed E-state index contributed by atoms with van der Waals surface area (Å²) in [5.41, 5.74) is 0. The molecular weight excluding hydrogens is 416 g/mol. The van der Waals surface area contributed by atoms with E-state index in [0.29, 0.717) is 31.1 Å². The van der Waals surface area contributed by atoms with Crippen molar-refractivity contribution in [3.8, 4) is 0 Å². The summed E-state index contributed by atoms with van der Waals surface area (Å²) in [6, 6.07) is -0.223. The lowest BCUT2D eigenvalue weighted by Gasteiger charge is -2.56. The Morgan fingerprint density at radius 3 is 2.97 bits per heavy atom. The van der Waals surface area contributed by atoms with Gasteiger partial charge in [-0.25, -0.2) is 4.98 Å². The van der Waals surface area contributed by atoms with Crippen molar-refractivity contribution in [2.45, 2.75) is 50.7 Å². The van der Waals surface area contributed by atoms with Gasteiger partial charge in [-0.2, -0.15) is 4.98 Å². The van der Waals surface area contributed by atoms with Gasteiger partial charge in [0.1, 0.15) is 11.0 Å². The van der Waals surface area contributed by atoms with E-state index in [1.54, 1.807) is 16.2 Å². The van der Waals surface area contributed by atoms with Crippen LogP contribution in [0.2, 0.25) is 0 Å². The first-order valence-electron chi connectivity index (χ1n) is 11.0. The maximum absolute atomic E-state index is 13.6. The van der Waals surface area contributed by atoms with Crippen LogP contribution in [0.15, 0.2) is 22.5 Å². The van der Waals surface area contributed by atoms with E-state index >= 15 is 0 Å². The van der Waals surface area contributed by atoms with E-state index in [9.17, 15) is 9.59 Å². The molecule has 5 rings (SSSR count). The van der Waals surface area contributed by atoms with E-state index in [4.69, 9.17) is 4.52 Å². The highest BCUT2D eigenvalue weighted by molar-refractivity contribution is 7.09. The summed E-state index contributed by atoms with van der Waals surface area (Å²) in [5, 5.41) is 6.95. The van der Waals surface area contributed by atoms with E-state index in [0.717, 1.165) is 43.9 Å². The van der Waals surface area contributed by atoms with Gasteiger partial charge in [-0.1, -0.05) is 5.16 Å². The SMILES string of the molecule is CN(CCc1ncon1)C(=O)[C@H]1[C@@H]2C[C@@H](CN(Cc3nccs3)C2)[C@@H]2CCCC(=O)N21. The van der Waals surface area contributed by atoms with Gasteiger partial charge in [-0.05, 0) is 25.2 Å². The molecule has 5 heterocycles. The molecule has 0 radical (unpaired) electrons. The van der Waals surface area contributed by atoms with Crippen molar-refractivity contribution in [3.63, 3.8) is 0 Å². The number of nitrogens with zero attached hydrogens (tertiary/aromatic N) is 6. The topological polar surface area (TPSA) is 95.7 Å². The summed E-state index contributed by atoms with van der Waals surface area (Å²) < 4.78 is 4.79. The zero-order valence-corrected chi connectivity index (χ0v) is 18.5. The first-order chi connectivity index (χ1) is 15.1. The Labute approximate surface area is 185 Å². The second-order valence-electron chi connectivity index (χ2n) is 8.94. The van der Waals surface area contributed by atoms with Crippen LogP contribution in [0.25, 0.3) is 0 Å². The molecule has 3 fully saturated rings. The molecule has 2 bridgehead atoms. The molecule has 9 nitrogen and oxygen atoms in total. The summed E-state index contributed by atoms with van der Waals surface area (Å²) in [6.45, 7) is 3.11. The highest BCUT2D eigenvalue weighted by Crippen LogP contribution is 2.42. The molecule has 2 amide bonds. The van der Waals surface area contributed by atoms with Crippen molar-refractivity contribution < 1.29 is 14.1 Å². The molecule has 0 aromatic carbocycles. The van der Waals surface area contributed by atoms with Crippen LogP contribution in [0.5, 0.6) is 0 Å². The Kier molecular flexibility index (Phi) is 5.75. The predicted octanol–water partition coefficient (Wildman–Crippen LogP) is 1.43. The van der Waals surface area contributed by atoms with Crippen molar-refractivity contribution in [2.75, 3.05) is 26.7 Å². The smallest absolute Gasteiger partial charge is 0.245 e. The lowest BCUT2D eigenvalue weighted by Crippen LogP contribution is -2.68. The van der Waals surface area contributed by atoms with Crippen molar-refractivity contribution >= 4 is 23.2 Å². The van der Waals surface area contributed by atoms with Gasteiger partial charge in [0.25, 0.3) is 0 Å². The molecule has 3 aliphatic heterocycles. The van der Waals surface area contributed by atoms with Gasteiger partial charge in [0.2, 0.25) is 18.2 Å². The third kappa shape index (κ3) is 4.10. The molecule has 0 N–H and O–H groups in total. The first-order valence-corrected chi connectivity index (χ1v) is 11.9. The van der Waals surface area contributed by atoms with Crippen molar-refractivity contribution in [3.05, 3.63) is 28.8 Å². The Morgan fingerprint density at radius 2 is 2.19 bits per heavy atom. The number of hydrogen-bond acceptors (Lipinski definition) is 8. The molecule has 3 aliphatic rings. The van der Waals surface area contributed by atoms with Gasteiger partial charge in [0, 0.05) is 63.1 Å². The van der Waals surface area contributed by atoms with Gasteiger partial charge < -0.3 is 14.3 Å². The minimum Gasteiger partial charge on any atom is -0.344 e. The normalized spacial score (nSPS) is 28.4. The molecule has 0 saturated carbocycles. The fourth-order valence-electron chi connectivity index (χ4n) is 5.63. The van der Waals surface area contributed by atoms with Crippen molar-refractivity contribution in [1.29, 1.82) is 0 Å². The zero-order chi connectivity index (χ0) is 21.4. The number of rotatable bonds is 6. The summed E-state index contributed by atoms with van der Waals surface area (Å²) >= 11 is 1.67. The third-order valence-corrected chi connectivity index (χ3v) is 7.73. The van der Waals surface area contributed by atoms with Crippen LogP contribution < -0.4 is 0 Å². The van der Waals surface area contributed by atoms with E-state index in [1.165, 1.54) is 6.39 Å².